The quantitative estimate of drug-likeness (QED) is 0.575. The van der Waals surface area contributed by atoms with Gasteiger partial charge in [0.2, 0.25) is 0 Å². The maximum Gasteiger partial charge on any atom is 0.0957 e. The molecule has 0 N–H and O–H groups in total. The van der Waals surface area contributed by atoms with Crippen LogP contribution in [0.1, 0.15) is 9.30 Å². The molecule has 4 heteroatoms. The summed E-state index contributed by atoms with van der Waals surface area (Å²) in [4.78, 5) is 0. The molecule has 0 aromatic heterocycles. The normalized spacial score (nSPS) is 10.6. The lowest BCUT2D eigenvalue weighted by Crippen LogP contribution is -1.82. The van der Waals surface area contributed by atoms with Crippen LogP contribution in [-0.2, 0) is 0 Å². The Labute approximate surface area is 99.3 Å². The first-order valence-corrected chi connectivity index (χ1v) is 6.26. The molecule has 0 radical (unpaired) electrons. The molecule has 1 aromatic rings. The van der Waals surface area contributed by atoms with E-state index in [1.807, 2.05) is 12.1 Å². The summed E-state index contributed by atoms with van der Waals surface area (Å²) >= 11 is 13.7. The van der Waals surface area contributed by atoms with Crippen LogP contribution in [0.15, 0.2) is 27.1 Å². The van der Waals surface area contributed by atoms with E-state index in [-0.39, 0.29) is 3.74 Å². The predicted octanol–water partition coefficient (Wildman–Crippen LogP) is 5.00. The fraction of sp³-hybridized carbons (Fsp3) is 0.143. The second-order valence-electron chi connectivity index (χ2n) is 1.97. The van der Waals surface area contributed by atoms with Gasteiger partial charge in [-0.1, -0.05) is 63.7 Å². The minimum Gasteiger partial charge on any atom is -0.0712 e. The van der Waals surface area contributed by atoms with Gasteiger partial charge in [0.25, 0.3) is 0 Å². The summed E-state index contributed by atoms with van der Waals surface area (Å²) in [5, 5.41) is 0. The Morgan fingerprint density at radius 1 is 1.09 bits per heavy atom. The van der Waals surface area contributed by atoms with E-state index in [2.05, 4.69) is 69.8 Å². The van der Waals surface area contributed by atoms with Gasteiger partial charge in [0.15, 0.2) is 0 Å². The van der Waals surface area contributed by atoms with Crippen molar-refractivity contribution in [2.45, 2.75) is 3.74 Å². The highest BCUT2D eigenvalue weighted by Crippen LogP contribution is 2.35. The maximum atomic E-state index is 3.45. The van der Waals surface area contributed by atoms with E-state index in [0.29, 0.717) is 0 Å². The lowest BCUT2D eigenvalue weighted by atomic mass is 10.2. The molecule has 0 aliphatic rings. The van der Waals surface area contributed by atoms with Crippen LogP contribution in [0.5, 0.6) is 0 Å². The molecule has 0 saturated carbocycles. The van der Waals surface area contributed by atoms with Crippen LogP contribution >= 0.6 is 63.7 Å². The second kappa shape index (κ2) is 4.40. The molecule has 0 saturated heterocycles. The van der Waals surface area contributed by atoms with Gasteiger partial charge < -0.3 is 0 Å². The Balaban J connectivity index is 3.13. The molecule has 0 amide bonds. The van der Waals surface area contributed by atoms with Crippen LogP contribution in [0.25, 0.3) is 0 Å². The van der Waals surface area contributed by atoms with Crippen molar-refractivity contribution in [1.29, 1.82) is 0 Å². The van der Waals surface area contributed by atoms with E-state index in [4.69, 9.17) is 0 Å². The molecule has 0 fully saturated rings. The van der Waals surface area contributed by atoms with Crippen LogP contribution in [-0.4, -0.2) is 0 Å². The monoisotopic (exact) mass is 404 g/mol. The molecular weight excluding hydrogens is 404 g/mol. The molecule has 0 heterocycles. The van der Waals surface area contributed by atoms with Gasteiger partial charge in [-0.3, -0.25) is 0 Å². The Kier molecular flexibility index (Phi) is 4.09. The standard InChI is InChI=1S/C7H4Br4/c8-4-1-2-6(9)5(3-4)7(10)11/h1-3,7H. The Morgan fingerprint density at radius 3 is 2.18 bits per heavy atom. The third-order valence-electron chi connectivity index (χ3n) is 1.19. The van der Waals surface area contributed by atoms with Crippen molar-refractivity contribution in [3.05, 3.63) is 32.7 Å². The maximum absolute atomic E-state index is 3.45. The lowest BCUT2D eigenvalue weighted by molar-refractivity contribution is 1.37. The van der Waals surface area contributed by atoms with Crippen LogP contribution < -0.4 is 0 Å². The Bertz CT molecular complexity index is 257. The number of hydrogen-bond donors (Lipinski definition) is 0. The molecule has 0 aliphatic heterocycles. The molecule has 0 bridgehead atoms. The van der Waals surface area contributed by atoms with Crippen LogP contribution in [0.2, 0.25) is 0 Å². The van der Waals surface area contributed by atoms with Crippen molar-refractivity contribution in [3.8, 4) is 0 Å². The average molecular weight is 408 g/mol. The minimum absolute atomic E-state index is 0.196. The van der Waals surface area contributed by atoms with Gasteiger partial charge in [0.1, 0.15) is 0 Å². The van der Waals surface area contributed by atoms with Gasteiger partial charge in [0.05, 0.1) is 3.74 Å². The SMILES string of the molecule is Brc1ccc(Br)c(C(Br)Br)c1. The molecule has 11 heavy (non-hydrogen) atoms. The zero-order valence-electron chi connectivity index (χ0n) is 5.32. The van der Waals surface area contributed by atoms with Crippen molar-refractivity contribution < 1.29 is 0 Å². The van der Waals surface area contributed by atoms with Gasteiger partial charge >= 0.3 is 0 Å². The summed E-state index contributed by atoms with van der Waals surface area (Å²) < 4.78 is 2.38. The summed E-state index contributed by atoms with van der Waals surface area (Å²) in [7, 11) is 0. The topological polar surface area (TPSA) is 0 Å². The Hall–Kier alpha value is 1.14. The summed E-state index contributed by atoms with van der Waals surface area (Å²) in [6.45, 7) is 0. The Morgan fingerprint density at radius 2 is 1.73 bits per heavy atom. The van der Waals surface area contributed by atoms with Gasteiger partial charge in [-0.05, 0) is 23.8 Å². The van der Waals surface area contributed by atoms with Gasteiger partial charge in [0, 0.05) is 8.95 Å². The molecule has 0 unspecified atom stereocenters. The summed E-state index contributed by atoms with van der Waals surface area (Å²) in [5.74, 6) is 0. The number of alkyl halides is 2. The fourth-order valence-corrected chi connectivity index (χ4v) is 2.91. The van der Waals surface area contributed by atoms with Crippen molar-refractivity contribution >= 4 is 63.7 Å². The smallest absolute Gasteiger partial charge is 0.0712 e. The van der Waals surface area contributed by atoms with Crippen LogP contribution in [0.3, 0.4) is 0 Å². The molecule has 1 aromatic carbocycles. The first kappa shape index (κ1) is 10.2. The van der Waals surface area contributed by atoms with E-state index in [1.54, 1.807) is 0 Å². The highest BCUT2D eigenvalue weighted by molar-refractivity contribution is 9.24. The van der Waals surface area contributed by atoms with E-state index in [0.717, 1.165) is 8.95 Å². The molecular formula is C7H4Br4. The molecule has 60 valence electrons. The number of benzene rings is 1. The third kappa shape index (κ3) is 2.83. The lowest BCUT2D eigenvalue weighted by Gasteiger charge is -2.04. The molecule has 1 rings (SSSR count). The van der Waals surface area contributed by atoms with Crippen LogP contribution in [0.4, 0.5) is 0 Å². The van der Waals surface area contributed by atoms with Crippen molar-refractivity contribution in [2.75, 3.05) is 0 Å². The van der Waals surface area contributed by atoms with E-state index < -0.39 is 0 Å². The average Bonchev–Trinajstić information content (AvgIpc) is 1.94. The molecule has 0 nitrogen and oxygen atoms in total. The number of hydrogen-bond acceptors (Lipinski definition) is 0. The first-order valence-electron chi connectivity index (χ1n) is 2.84. The van der Waals surface area contributed by atoms with E-state index in [1.165, 1.54) is 5.56 Å². The van der Waals surface area contributed by atoms with Gasteiger partial charge in [-0.2, -0.15) is 0 Å². The van der Waals surface area contributed by atoms with Gasteiger partial charge in [-0.25, -0.2) is 0 Å². The molecule has 0 atom stereocenters. The van der Waals surface area contributed by atoms with Crippen LogP contribution in [0, 0.1) is 0 Å². The summed E-state index contributed by atoms with van der Waals surface area (Å²) in [6.07, 6.45) is 0. The predicted molar refractivity (Wildman–Crippen MR) is 62.4 cm³/mol. The van der Waals surface area contributed by atoms with Gasteiger partial charge in [-0.15, -0.1) is 0 Å². The highest BCUT2D eigenvalue weighted by Gasteiger charge is 2.06. The number of rotatable bonds is 1. The second-order valence-corrected chi connectivity index (χ2v) is 6.80. The fourth-order valence-electron chi connectivity index (χ4n) is 0.682. The van der Waals surface area contributed by atoms with Crippen molar-refractivity contribution in [1.82, 2.24) is 0 Å². The zero-order chi connectivity index (χ0) is 8.43. The van der Waals surface area contributed by atoms with Crippen molar-refractivity contribution in [3.63, 3.8) is 0 Å². The minimum atomic E-state index is 0.196. The van der Waals surface area contributed by atoms with E-state index in [9.17, 15) is 0 Å². The first-order chi connectivity index (χ1) is 5.11. The highest BCUT2D eigenvalue weighted by atomic mass is 79.9. The molecule has 0 spiro atoms. The summed E-state index contributed by atoms with van der Waals surface area (Å²) in [6, 6.07) is 6.06. The third-order valence-corrected chi connectivity index (χ3v) is 3.40. The van der Waals surface area contributed by atoms with Crippen molar-refractivity contribution in [2.24, 2.45) is 0 Å². The summed E-state index contributed by atoms with van der Waals surface area (Å²) in [5.41, 5.74) is 1.18. The largest absolute Gasteiger partial charge is 0.0957 e. The zero-order valence-corrected chi connectivity index (χ0v) is 11.7. The van der Waals surface area contributed by atoms with E-state index >= 15 is 0 Å². The molecule has 0 aliphatic carbocycles. The number of halogens is 4.